The van der Waals surface area contributed by atoms with Gasteiger partial charge in [0.25, 0.3) is 0 Å². The first-order valence-electron chi connectivity index (χ1n) is 42.2. The molecule has 0 aromatic carbocycles. The molecular formula is C83H155NO18. The summed E-state index contributed by atoms with van der Waals surface area (Å²) in [6.07, 6.45) is 53.1. The second-order valence-corrected chi connectivity index (χ2v) is 30.3. The zero-order valence-corrected chi connectivity index (χ0v) is 64.4. The number of allylic oxidation sites excluding steroid dienone is 5. The predicted octanol–water partition coefficient (Wildman–Crippen LogP) is 14.7. The third-order valence-corrected chi connectivity index (χ3v) is 21.2. The number of amides is 1. The van der Waals surface area contributed by atoms with Gasteiger partial charge in [0.1, 0.15) is 73.2 Å². The molecule has 600 valence electrons. The molecule has 0 aromatic rings. The van der Waals surface area contributed by atoms with E-state index in [-0.39, 0.29) is 18.9 Å². The topological polar surface area (TPSA) is 307 Å². The molecule has 0 spiro atoms. The van der Waals surface area contributed by atoms with Crippen LogP contribution in [0.5, 0.6) is 0 Å². The van der Waals surface area contributed by atoms with Crippen molar-refractivity contribution in [2.75, 3.05) is 26.4 Å². The molecule has 0 aliphatic carbocycles. The van der Waals surface area contributed by atoms with Gasteiger partial charge in [-0.1, -0.05) is 339 Å². The van der Waals surface area contributed by atoms with Crippen LogP contribution in [0.15, 0.2) is 36.5 Å². The summed E-state index contributed by atoms with van der Waals surface area (Å²) in [5.74, 6) is -0.282. The lowest BCUT2D eigenvalue weighted by Crippen LogP contribution is -2.66. The minimum Gasteiger partial charge on any atom is -0.394 e. The summed E-state index contributed by atoms with van der Waals surface area (Å²) >= 11 is 0. The summed E-state index contributed by atoms with van der Waals surface area (Å²) in [7, 11) is 0. The van der Waals surface area contributed by atoms with Crippen LogP contribution in [-0.4, -0.2) is 193 Å². The summed E-state index contributed by atoms with van der Waals surface area (Å²) in [5.41, 5.74) is 0. The summed E-state index contributed by atoms with van der Waals surface area (Å²) in [4.78, 5) is 13.5. The minimum absolute atomic E-state index is 0.236. The number of aliphatic hydroxyl groups excluding tert-OH is 11. The fourth-order valence-corrected chi connectivity index (χ4v) is 14.4. The molecule has 19 nitrogen and oxygen atoms in total. The van der Waals surface area contributed by atoms with Gasteiger partial charge < -0.3 is 89.9 Å². The SMILES string of the molecule is CCCCCCCCCCCCC/C=C/CC/C=C/CC/C=C/C(O)C(COC1OC(CO)C(OC2OC(CO)C(OC3OC(CO)C(O)C(O)C3O)C(O)C2O)C(O)C1O)NC(=O)CCCCCCCCCCCCCCCCCCCCCCCCCCCCCCCCCCCCCC. The Morgan fingerprint density at radius 2 is 0.627 bits per heavy atom. The number of ether oxygens (including phenoxy) is 6. The van der Waals surface area contributed by atoms with Crippen molar-refractivity contribution >= 4 is 5.91 Å². The lowest BCUT2D eigenvalue weighted by Gasteiger charge is -2.48. The monoisotopic (exact) mass is 1450 g/mol. The highest BCUT2D eigenvalue weighted by molar-refractivity contribution is 5.76. The zero-order valence-electron chi connectivity index (χ0n) is 64.4. The Balaban J connectivity index is 1.33. The van der Waals surface area contributed by atoms with Crippen LogP contribution in [0.25, 0.3) is 0 Å². The highest BCUT2D eigenvalue weighted by Crippen LogP contribution is 2.33. The average Bonchev–Trinajstić information content (AvgIpc) is 0.779. The molecule has 3 aliphatic rings. The maximum atomic E-state index is 13.5. The first kappa shape index (κ1) is 94.2. The van der Waals surface area contributed by atoms with Gasteiger partial charge in [-0.05, 0) is 44.9 Å². The zero-order chi connectivity index (χ0) is 73.9. The lowest BCUT2D eigenvalue weighted by atomic mass is 9.96. The molecule has 1 amide bonds. The van der Waals surface area contributed by atoms with Crippen molar-refractivity contribution in [2.24, 2.45) is 0 Å². The first-order valence-corrected chi connectivity index (χ1v) is 42.2. The molecule has 3 heterocycles. The van der Waals surface area contributed by atoms with E-state index in [2.05, 4.69) is 43.5 Å². The summed E-state index contributed by atoms with van der Waals surface area (Å²) in [6, 6.07) is -0.996. The Kier molecular flexibility index (Phi) is 59.0. The number of hydrogen-bond donors (Lipinski definition) is 12. The van der Waals surface area contributed by atoms with Gasteiger partial charge in [0, 0.05) is 6.42 Å². The maximum Gasteiger partial charge on any atom is 0.220 e. The molecule has 0 saturated carbocycles. The van der Waals surface area contributed by atoms with E-state index in [4.69, 9.17) is 28.4 Å². The quantitative estimate of drug-likeness (QED) is 0.0199. The molecule has 102 heavy (non-hydrogen) atoms. The minimum atomic E-state index is -1.98. The third kappa shape index (κ3) is 43.3. The van der Waals surface area contributed by atoms with E-state index >= 15 is 0 Å². The summed E-state index contributed by atoms with van der Waals surface area (Å²) < 4.78 is 34.4. The standard InChI is InChI=1S/C83H155NO18/c1-3-5-7-9-11-13-15-17-19-21-23-25-26-27-28-29-30-31-32-33-34-35-36-37-38-39-41-43-45-47-49-51-53-55-57-59-61-71(89)84-66(67(88)60-58-56-54-52-50-48-46-44-42-40-24-22-20-18-16-14-12-10-8-6-4-2)65-97-81-77(95)74(92)79(69(63-86)99-81)102-83-78(96)75(93)80(70(64-87)100-83)101-82-76(94)73(91)72(90)68(62-85)98-82/h42,44,50,52,58,60,66-70,72-83,85-88,90-96H,3-41,43,45-49,51,53-57,59,61-65H2,1-2H3,(H,84,89)/b44-42+,52-50+,60-58+. The van der Waals surface area contributed by atoms with Crippen LogP contribution in [-0.2, 0) is 33.2 Å². The van der Waals surface area contributed by atoms with Gasteiger partial charge in [-0.25, -0.2) is 0 Å². The van der Waals surface area contributed by atoms with E-state index in [0.717, 1.165) is 44.9 Å². The molecule has 3 fully saturated rings. The Morgan fingerprint density at radius 1 is 0.343 bits per heavy atom. The van der Waals surface area contributed by atoms with Crippen molar-refractivity contribution in [3.05, 3.63) is 36.5 Å². The Hall–Kier alpha value is -1.99. The third-order valence-electron chi connectivity index (χ3n) is 21.2. The van der Waals surface area contributed by atoms with Crippen molar-refractivity contribution in [3.63, 3.8) is 0 Å². The maximum absolute atomic E-state index is 13.5. The molecule has 17 atom stereocenters. The normalized spacial score (nSPS) is 26.3. The van der Waals surface area contributed by atoms with Crippen molar-refractivity contribution in [1.82, 2.24) is 5.32 Å². The van der Waals surface area contributed by atoms with Crippen molar-refractivity contribution in [1.29, 1.82) is 0 Å². The number of unbranched alkanes of at least 4 members (excludes halogenated alkanes) is 48. The van der Waals surface area contributed by atoms with Gasteiger partial charge in [0.05, 0.1) is 38.6 Å². The first-order chi connectivity index (χ1) is 49.8. The van der Waals surface area contributed by atoms with Crippen molar-refractivity contribution in [2.45, 2.75) is 458 Å². The largest absolute Gasteiger partial charge is 0.394 e. The Bertz CT molecular complexity index is 1980. The van der Waals surface area contributed by atoms with Gasteiger partial charge >= 0.3 is 0 Å². The number of rotatable bonds is 68. The van der Waals surface area contributed by atoms with E-state index < -0.39 is 124 Å². The second-order valence-electron chi connectivity index (χ2n) is 30.3. The van der Waals surface area contributed by atoms with Gasteiger partial charge in [-0.15, -0.1) is 0 Å². The molecule has 17 unspecified atom stereocenters. The van der Waals surface area contributed by atoms with Crippen molar-refractivity contribution < 1.29 is 89.4 Å². The molecule has 19 heteroatoms. The van der Waals surface area contributed by atoms with Crippen molar-refractivity contribution in [3.8, 4) is 0 Å². The van der Waals surface area contributed by atoms with Crippen LogP contribution >= 0.6 is 0 Å². The number of nitrogens with one attached hydrogen (secondary N) is 1. The molecule has 0 bridgehead atoms. The smallest absolute Gasteiger partial charge is 0.220 e. The molecule has 0 radical (unpaired) electrons. The van der Waals surface area contributed by atoms with Gasteiger partial charge in [-0.3, -0.25) is 4.79 Å². The summed E-state index contributed by atoms with van der Waals surface area (Å²) in [6.45, 7) is 1.76. The molecule has 3 rings (SSSR count). The molecule has 3 aliphatic heterocycles. The fourth-order valence-electron chi connectivity index (χ4n) is 14.4. The number of hydrogen-bond acceptors (Lipinski definition) is 18. The lowest BCUT2D eigenvalue weighted by molar-refractivity contribution is -0.379. The number of aliphatic hydroxyl groups is 11. The van der Waals surface area contributed by atoms with E-state index in [1.165, 1.54) is 276 Å². The van der Waals surface area contributed by atoms with E-state index in [9.17, 15) is 61.0 Å². The fraction of sp³-hybridized carbons (Fsp3) is 0.916. The van der Waals surface area contributed by atoms with E-state index in [0.29, 0.717) is 12.8 Å². The average molecular weight is 1460 g/mol. The van der Waals surface area contributed by atoms with Gasteiger partial charge in [0.2, 0.25) is 5.91 Å². The van der Waals surface area contributed by atoms with Gasteiger partial charge in [-0.2, -0.15) is 0 Å². The van der Waals surface area contributed by atoms with Crippen LogP contribution in [0.2, 0.25) is 0 Å². The van der Waals surface area contributed by atoms with Crippen LogP contribution in [0.4, 0.5) is 0 Å². The van der Waals surface area contributed by atoms with Crippen LogP contribution in [0.1, 0.15) is 354 Å². The van der Waals surface area contributed by atoms with Crippen LogP contribution in [0, 0.1) is 0 Å². The Morgan fingerprint density at radius 3 is 0.980 bits per heavy atom. The second kappa shape index (κ2) is 63.9. The van der Waals surface area contributed by atoms with Crippen LogP contribution < -0.4 is 5.32 Å². The van der Waals surface area contributed by atoms with E-state index in [1.54, 1.807) is 6.08 Å². The summed E-state index contributed by atoms with van der Waals surface area (Å²) in [5, 5.41) is 121. The number of carbonyl (C=O) groups is 1. The molecular weight excluding hydrogens is 1300 g/mol. The molecule has 0 aromatic heterocycles. The van der Waals surface area contributed by atoms with E-state index in [1.807, 2.05) is 6.08 Å². The molecule has 12 N–H and O–H groups in total. The highest BCUT2D eigenvalue weighted by atomic mass is 16.8. The van der Waals surface area contributed by atoms with Gasteiger partial charge in [0.15, 0.2) is 18.9 Å². The molecule has 3 saturated heterocycles. The number of carbonyl (C=O) groups excluding carboxylic acids is 1. The van der Waals surface area contributed by atoms with Crippen LogP contribution in [0.3, 0.4) is 0 Å². The highest BCUT2D eigenvalue weighted by Gasteiger charge is 2.54. The predicted molar refractivity (Wildman–Crippen MR) is 406 cm³/mol. The Labute approximate surface area is 619 Å².